The van der Waals surface area contributed by atoms with E-state index in [-0.39, 0.29) is 6.42 Å². The second-order valence-corrected chi connectivity index (χ2v) is 4.92. The highest BCUT2D eigenvalue weighted by molar-refractivity contribution is 9.10. The van der Waals surface area contributed by atoms with Gasteiger partial charge in [0, 0.05) is 17.4 Å². The number of nitrogens with one attached hydrogen (secondary N) is 1. The molecule has 0 saturated carbocycles. The SMILES string of the molecule is O=C(O)CCCCCNCc1ccc(Br)cc1. The van der Waals surface area contributed by atoms with Gasteiger partial charge in [0.1, 0.15) is 0 Å². The largest absolute Gasteiger partial charge is 0.481 e. The molecule has 0 spiro atoms. The minimum absolute atomic E-state index is 0.284. The molecule has 0 aliphatic heterocycles. The third kappa shape index (κ3) is 7.13. The van der Waals surface area contributed by atoms with Crippen LogP contribution in [-0.4, -0.2) is 17.6 Å². The molecule has 94 valence electrons. The van der Waals surface area contributed by atoms with E-state index in [9.17, 15) is 4.79 Å². The smallest absolute Gasteiger partial charge is 0.303 e. The molecule has 0 aliphatic carbocycles. The van der Waals surface area contributed by atoms with E-state index in [0.717, 1.165) is 36.8 Å². The van der Waals surface area contributed by atoms with Crippen molar-refractivity contribution in [2.45, 2.75) is 32.2 Å². The van der Waals surface area contributed by atoms with E-state index in [4.69, 9.17) is 5.11 Å². The summed E-state index contributed by atoms with van der Waals surface area (Å²) in [6.45, 7) is 1.81. The van der Waals surface area contributed by atoms with Crippen LogP contribution in [0.4, 0.5) is 0 Å². The molecule has 0 heterocycles. The van der Waals surface area contributed by atoms with Crippen molar-refractivity contribution in [3.8, 4) is 0 Å². The maximum atomic E-state index is 10.3. The molecule has 0 bridgehead atoms. The summed E-state index contributed by atoms with van der Waals surface area (Å²) in [6, 6.07) is 8.23. The number of carboxylic acids is 1. The van der Waals surface area contributed by atoms with Crippen molar-refractivity contribution in [2.75, 3.05) is 6.54 Å². The average molecular weight is 300 g/mol. The van der Waals surface area contributed by atoms with Crippen LogP contribution in [0.15, 0.2) is 28.7 Å². The number of hydrogen-bond acceptors (Lipinski definition) is 2. The molecule has 3 nitrogen and oxygen atoms in total. The zero-order valence-corrected chi connectivity index (χ0v) is 11.4. The molecule has 0 aliphatic rings. The van der Waals surface area contributed by atoms with E-state index in [1.165, 1.54) is 5.56 Å². The van der Waals surface area contributed by atoms with Gasteiger partial charge in [0.2, 0.25) is 0 Å². The van der Waals surface area contributed by atoms with Gasteiger partial charge in [-0.3, -0.25) is 4.79 Å². The second kappa shape index (κ2) is 8.25. The molecule has 1 rings (SSSR count). The molecular weight excluding hydrogens is 282 g/mol. The van der Waals surface area contributed by atoms with Gasteiger partial charge in [0.05, 0.1) is 0 Å². The number of hydrogen-bond donors (Lipinski definition) is 2. The van der Waals surface area contributed by atoms with Gasteiger partial charge in [-0.2, -0.15) is 0 Å². The Morgan fingerprint density at radius 3 is 2.53 bits per heavy atom. The van der Waals surface area contributed by atoms with Gasteiger partial charge in [-0.25, -0.2) is 0 Å². The van der Waals surface area contributed by atoms with Crippen molar-refractivity contribution in [2.24, 2.45) is 0 Å². The predicted octanol–water partition coefficient (Wildman–Crippen LogP) is 3.18. The summed E-state index contributed by atoms with van der Waals surface area (Å²) < 4.78 is 1.09. The van der Waals surface area contributed by atoms with E-state index in [0.29, 0.717) is 0 Å². The van der Waals surface area contributed by atoms with E-state index in [1.807, 2.05) is 12.1 Å². The number of carboxylic acid groups (broad SMARTS) is 1. The normalized spacial score (nSPS) is 10.4. The van der Waals surface area contributed by atoms with Crippen LogP contribution in [0.1, 0.15) is 31.2 Å². The number of unbranched alkanes of at least 4 members (excludes halogenated alkanes) is 2. The topological polar surface area (TPSA) is 49.3 Å². The highest BCUT2D eigenvalue weighted by Crippen LogP contribution is 2.10. The zero-order valence-electron chi connectivity index (χ0n) is 9.79. The van der Waals surface area contributed by atoms with Crippen molar-refractivity contribution in [1.29, 1.82) is 0 Å². The van der Waals surface area contributed by atoms with Crippen molar-refractivity contribution >= 4 is 21.9 Å². The lowest BCUT2D eigenvalue weighted by Gasteiger charge is -2.04. The van der Waals surface area contributed by atoms with Crippen molar-refractivity contribution in [1.82, 2.24) is 5.32 Å². The first-order valence-electron chi connectivity index (χ1n) is 5.85. The van der Waals surface area contributed by atoms with Gasteiger partial charge < -0.3 is 10.4 Å². The highest BCUT2D eigenvalue weighted by Gasteiger charge is 1.96. The molecule has 0 unspecified atom stereocenters. The molecule has 0 saturated heterocycles. The fourth-order valence-corrected chi connectivity index (χ4v) is 1.80. The molecule has 0 amide bonds. The van der Waals surface area contributed by atoms with Crippen LogP contribution >= 0.6 is 15.9 Å². The molecule has 4 heteroatoms. The summed E-state index contributed by atoms with van der Waals surface area (Å²) in [7, 11) is 0. The predicted molar refractivity (Wildman–Crippen MR) is 72.0 cm³/mol. The summed E-state index contributed by atoms with van der Waals surface area (Å²) >= 11 is 3.40. The lowest BCUT2D eigenvalue weighted by atomic mass is 10.2. The van der Waals surface area contributed by atoms with Gasteiger partial charge >= 0.3 is 5.97 Å². The Hall–Kier alpha value is -0.870. The van der Waals surface area contributed by atoms with Gasteiger partial charge in [0.15, 0.2) is 0 Å². The molecule has 0 aromatic heterocycles. The van der Waals surface area contributed by atoms with Crippen molar-refractivity contribution < 1.29 is 9.90 Å². The van der Waals surface area contributed by atoms with Crippen LogP contribution < -0.4 is 5.32 Å². The summed E-state index contributed by atoms with van der Waals surface area (Å²) in [5.41, 5.74) is 1.26. The van der Waals surface area contributed by atoms with Crippen LogP contribution in [0.25, 0.3) is 0 Å². The third-order valence-corrected chi connectivity index (χ3v) is 3.02. The number of aliphatic carboxylic acids is 1. The number of benzene rings is 1. The molecule has 2 N–H and O–H groups in total. The molecular formula is C13H18BrNO2. The highest BCUT2D eigenvalue weighted by atomic mass is 79.9. The Morgan fingerprint density at radius 1 is 1.18 bits per heavy atom. The van der Waals surface area contributed by atoms with Crippen molar-refractivity contribution in [3.05, 3.63) is 34.3 Å². The fraction of sp³-hybridized carbons (Fsp3) is 0.462. The first-order valence-corrected chi connectivity index (χ1v) is 6.65. The summed E-state index contributed by atoms with van der Waals surface area (Å²) in [6.07, 6.45) is 3.06. The third-order valence-electron chi connectivity index (χ3n) is 2.49. The Labute approximate surface area is 110 Å². The monoisotopic (exact) mass is 299 g/mol. The van der Waals surface area contributed by atoms with Crippen LogP contribution in [0.5, 0.6) is 0 Å². The maximum Gasteiger partial charge on any atom is 0.303 e. The standard InChI is InChI=1S/C13H18BrNO2/c14-12-7-5-11(6-8-12)10-15-9-3-1-2-4-13(16)17/h5-8,15H,1-4,9-10H2,(H,16,17). The van der Waals surface area contributed by atoms with Crippen molar-refractivity contribution in [3.63, 3.8) is 0 Å². The zero-order chi connectivity index (χ0) is 12.5. The van der Waals surface area contributed by atoms with E-state index in [1.54, 1.807) is 0 Å². The fourth-order valence-electron chi connectivity index (χ4n) is 1.54. The lowest BCUT2D eigenvalue weighted by Crippen LogP contribution is -2.14. The first kappa shape index (κ1) is 14.2. The Bertz CT molecular complexity index is 338. The van der Waals surface area contributed by atoms with Gasteiger partial charge in [-0.15, -0.1) is 0 Å². The Kier molecular flexibility index (Phi) is 6.89. The average Bonchev–Trinajstić information content (AvgIpc) is 2.30. The molecule has 0 atom stereocenters. The second-order valence-electron chi connectivity index (χ2n) is 4.01. The van der Waals surface area contributed by atoms with Crippen LogP contribution in [-0.2, 0) is 11.3 Å². The number of carbonyl (C=O) groups is 1. The van der Waals surface area contributed by atoms with E-state index in [2.05, 4.69) is 33.4 Å². The minimum Gasteiger partial charge on any atom is -0.481 e. The lowest BCUT2D eigenvalue weighted by molar-refractivity contribution is -0.137. The molecule has 0 fully saturated rings. The van der Waals surface area contributed by atoms with Gasteiger partial charge in [0.25, 0.3) is 0 Å². The van der Waals surface area contributed by atoms with E-state index < -0.39 is 5.97 Å². The van der Waals surface area contributed by atoms with Crippen LogP contribution in [0.3, 0.4) is 0 Å². The van der Waals surface area contributed by atoms with E-state index >= 15 is 0 Å². The Morgan fingerprint density at radius 2 is 1.88 bits per heavy atom. The summed E-state index contributed by atoms with van der Waals surface area (Å²) in [4.78, 5) is 10.3. The Balaban J connectivity index is 2.01. The van der Waals surface area contributed by atoms with Gasteiger partial charge in [-0.05, 0) is 37.1 Å². The van der Waals surface area contributed by atoms with Crippen LogP contribution in [0, 0.1) is 0 Å². The molecule has 17 heavy (non-hydrogen) atoms. The number of rotatable bonds is 8. The quantitative estimate of drug-likeness (QED) is 0.725. The van der Waals surface area contributed by atoms with Crippen LogP contribution in [0.2, 0.25) is 0 Å². The first-order chi connectivity index (χ1) is 8.18. The molecule has 1 aromatic rings. The molecule has 0 radical (unpaired) electrons. The summed E-state index contributed by atoms with van der Waals surface area (Å²) in [5, 5.41) is 11.8. The van der Waals surface area contributed by atoms with Gasteiger partial charge in [-0.1, -0.05) is 34.5 Å². The molecule has 1 aromatic carbocycles. The maximum absolute atomic E-state index is 10.3. The number of halogens is 1. The minimum atomic E-state index is -0.701. The summed E-state index contributed by atoms with van der Waals surface area (Å²) in [5.74, 6) is -0.701.